The van der Waals surface area contributed by atoms with Crippen molar-refractivity contribution in [2.45, 2.75) is 25.8 Å². The van der Waals surface area contributed by atoms with Crippen LogP contribution in [-0.4, -0.2) is 5.91 Å². The number of halogens is 1. The lowest BCUT2D eigenvalue weighted by atomic mass is 9.92. The number of hydrogen-bond acceptors (Lipinski definition) is 2. The van der Waals surface area contributed by atoms with Gasteiger partial charge in [0.05, 0.1) is 6.04 Å². The Balaban J connectivity index is 1.95. The molecular formula is C17H17ClN2O. The van der Waals surface area contributed by atoms with Gasteiger partial charge in [0.1, 0.15) is 0 Å². The van der Waals surface area contributed by atoms with Crippen LogP contribution in [0.5, 0.6) is 0 Å². The average Bonchev–Trinajstić information content (AvgIpc) is 2.46. The first-order valence-corrected chi connectivity index (χ1v) is 7.36. The number of benzene rings is 2. The van der Waals surface area contributed by atoms with E-state index in [-0.39, 0.29) is 11.9 Å². The van der Waals surface area contributed by atoms with Crippen LogP contribution in [0.2, 0.25) is 5.02 Å². The van der Waals surface area contributed by atoms with Crippen molar-refractivity contribution >= 4 is 23.2 Å². The topological polar surface area (TPSA) is 55.1 Å². The highest BCUT2D eigenvalue weighted by molar-refractivity contribution is 6.30. The molecule has 0 aliphatic carbocycles. The summed E-state index contributed by atoms with van der Waals surface area (Å²) in [6.45, 7) is 2.01. The fourth-order valence-electron chi connectivity index (χ4n) is 2.76. The molecule has 21 heavy (non-hydrogen) atoms. The van der Waals surface area contributed by atoms with E-state index in [1.807, 2.05) is 37.3 Å². The van der Waals surface area contributed by atoms with Crippen LogP contribution < -0.4 is 11.1 Å². The van der Waals surface area contributed by atoms with Crippen LogP contribution in [0, 0.1) is 6.92 Å². The van der Waals surface area contributed by atoms with Crippen LogP contribution in [0.25, 0.3) is 0 Å². The summed E-state index contributed by atoms with van der Waals surface area (Å²) in [6.07, 6.45) is 1.30. The van der Waals surface area contributed by atoms with Gasteiger partial charge in [-0.15, -0.1) is 0 Å². The average molecular weight is 301 g/mol. The highest BCUT2D eigenvalue weighted by Crippen LogP contribution is 2.29. The van der Waals surface area contributed by atoms with Gasteiger partial charge >= 0.3 is 0 Å². The van der Waals surface area contributed by atoms with Crippen molar-refractivity contribution < 1.29 is 4.79 Å². The smallest absolute Gasteiger partial charge is 0.224 e. The number of amides is 1. The van der Waals surface area contributed by atoms with E-state index in [2.05, 4.69) is 11.4 Å². The molecular weight excluding hydrogens is 284 g/mol. The van der Waals surface area contributed by atoms with E-state index in [1.165, 1.54) is 0 Å². The quantitative estimate of drug-likeness (QED) is 0.890. The minimum absolute atomic E-state index is 0.0769. The van der Waals surface area contributed by atoms with Crippen molar-refractivity contribution in [2.75, 3.05) is 5.32 Å². The Hall–Kier alpha value is -1.84. The van der Waals surface area contributed by atoms with Crippen LogP contribution in [0.15, 0.2) is 36.4 Å². The molecule has 4 heteroatoms. The molecule has 0 aromatic heterocycles. The molecule has 1 aliphatic rings. The monoisotopic (exact) mass is 300 g/mol. The van der Waals surface area contributed by atoms with Crippen LogP contribution in [0.1, 0.15) is 34.7 Å². The van der Waals surface area contributed by atoms with E-state index in [1.54, 1.807) is 0 Å². The Morgan fingerprint density at radius 3 is 2.76 bits per heavy atom. The number of rotatable bonds is 2. The summed E-state index contributed by atoms with van der Waals surface area (Å²) >= 11 is 6.00. The zero-order valence-electron chi connectivity index (χ0n) is 11.8. The first-order chi connectivity index (χ1) is 10.0. The Labute approximate surface area is 129 Å². The fraction of sp³-hybridized carbons (Fsp3) is 0.235. The molecule has 0 fully saturated rings. The lowest BCUT2D eigenvalue weighted by Crippen LogP contribution is -2.20. The molecule has 2 aromatic carbocycles. The molecule has 3 nitrogen and oxygen atoms in total. The van der Waals surface area contributed by atoms with Gasteiger partial charge in [0.2, 0.25) is 5.91 Å². The molecule has 2 aromatic rings. The summed E-state index contributed by atoms with van der Waals surface area (Å²) in [7, 11) is 0. The number of aryl methyl sites for hydroxylation is 2. The third-order valence-corrected chi connectivity index (χ3v) is 4.19. The molecule has 1 heterocycles. The molecule has 3 rings (SSSR count). The largest absolute Gasteiger partial charge is 0.326 e. The van der Waals surface area contributed by atoms with Gasteiger partial charge in [0.15, 0.2) is 0 Å². The van der Waals surface area contributed by atoms with Crippen LogP contribution in [0.3, 0.4) is 0 Å². The van der Waals surface area contributed by atoms with Gasteiger partial charge in [-0.2, -0.15) is 0 Å². The molecule has 0 radical (unpaired) electrons. The van der Waals surface area contributed by atoms with E-state index < -0.39 is 0 Å². The zero-order valence-corrected chi connectivity index (χ0v) is 12.6. The van der Waals surface area contributed by atoms with Gasteiger partial charge in [-0.3, -0.25) is 4.79 Å². The summed E-state index contributed by atoms with van der Waals surface area (Å²) in [5.74, 6) is 0.0769. The van der Waals surface area contributed by atoms with Gasteiger partial charge < -0.3 is 11.1 Å². The first-order valence-electron chi connectivity index (χ1n) is 6.99. The highest BCUT2D eigenvalue weighted by Gasteiger charge is 2.18. The normalized spacial score (nSPS) is 15.3. The minimum Gasteiger partial charge on any atom is -0.326 e. The van der Waals surface area contributed by atoms with E-state index in [9.17, 15) is 4.79 Å². The summed E-state index contributed by atoms with van der Waals surface area (Å²) in [6, 6.07) is 11.6. The maximum atomic E-state index is 11.4. The van der Waals surface area contributed by atoms with Crippen LogP contribution >= 0.6 is 11.6 Å². The van der Waals surface area contributed by atoms with Crippen LogP contribution in [-0.2, 0) is 11.2 Å². The Morgan fingerprint density at radius 2 is 2.00 bits per heavy atom. The molecule has 1 atom stereocenters. The summed E-state index contributed by atoms with van der Waals surface area (Å²) < 4.78 is 0. The van der Waals surface area contributed by atoms with Gasteiger partial charge in [0.25, 0.3) is 0 Å². The van der Waals surface area contributed by atoms with Crippen molar-refractivity contribution in [3.8, 4) is 0 Å². The molecule has 1 amide bonds. The van der Waals surface area contributed by atoms with Crippen molar-refractivity contribution in [3.63, 3.8) is 0 Å². The highest BCUT2D eigenvalue weighted by atomic mass is 35.5. The number of carbonyl (C=O) groups excluding carboxylic acids is 1. The van der Waals surface area contributed by atoms with Gasteiger partial charge in [-0.05, 0) is 53.8 Å². The second-order valence-electron chi connectivity index (χ2n) is 5.44. The van der Waals surface area contributed by atoms with Gasteiger partial charge in [0, 0.05) is 17.1 Å². The Bertz CT molecular complexity index is 712. The molecule has 0 saturated heterocycles. The third kappa shape index (κ3) is 2.80. The number of nitrogens with two attached hydrogens (primary N) is 1. The van der Waals surface area contributed by atoms with Crippen molar-refractivity contribution in [1.29, 1.82) is 0 Å². The van der Waals surface area contributed by atoms with Crippen molar-refractivity contribution in [2.24, 2.45) is 5.73 Å². The molecule has 0 spiro atoms. The molecule has 0 bridgehead atoms. The van der Waals surface area contributed by atoms with Gasteiger partial charge in [-0.25, -0.2) is 0 Å². The zero-order chi connectivity index (χ0) is 15.0. The molecule has 0 saturated carbocycles. The third-order valence-electron chi connectivity index (χ3n) is 3.95. The number of fused-ring (bicyclic) bond motifs is 1. The number of anilines is 1. The molecule has 1 aliphatic heterocycles. The van der Waals surface area contributed by atoms with E-state index >= 15 is 0 Å². The van der Waals surface area contributed by atoms with E-state index in [0.29, 0.717) is 6.42 Å². The number of hydrogen-bond donors (Lipinski definition) is 2. The molecule has 3 N–H and O–H groups in total. The van der Waals surface area contributed by atoms with Crippen LogP contribution in [0.4, 0.5) is 5.69 Å². The second-order valence-corrected chi connectivity index (χ2v) is 5.88. The maximum Gasteiger partial charge on any atom is 0.224 e. The van der Waals surface area contributed by atoms with Crippen molar-refractivity contribution in [1.82, 2.24) is 0 Å². The number of nitrogens with one attached hydrogen (secondary N) is 1. The van der Waals surface area contributed by atoms with E-state index in [4.69, 9.17) is 17.3 Å². The fourth-order valence-corrected chi connectivity index (χ4v) is 2.99. The summed E-state index contributed by atoms with van der Waals surface area (Å²) in [5.41, 5.74) is 11.6. The Kier molecular flexibility index (Phi) is 3.70. The lowest BCUT2D eigenvalue weighted by molar-refractivity contribution is -0.116. The van der Waals surface area contributed by atoms with Crippen molar-refractivity contribution in [3.05, 3.63) is 63.7 Å². The maximum absolute atomic E-state index is 11.4. The number of carbonyl (C=O) groups is 1. The second kappa shape index (κ2) is 5.51. The lowest BCUT2D eigenvalue weighted by Gasteiger charge is -2.21. The predicted octanol–water partition coefficient (Wildman–Crippen LogP) is 3.58. The summed E-state index contributed by atoms with van der Waals surface area (Å²) in [5, 5.41) is 3.61. The summed E-state index contributed by atoms with van der Waals surface area (Å²) in [4.78, 5) is 11.4. The van der Waals surface area contributed by atoms with Gasteiger partial charge in [-0.1, -0.05) is 29.8 Å². The Morgan fingerprint density at radius 1 is 1.19 bits per heavy atom. The minimum atomic E-state index is -0.190. The standard InChI is InChI=1S/C17H17ClN2O/c1-10-8-13(18)4-5-14(10)17(19)12-2-6-15-11(9-12)3-7-16(21)20-15/h2,4-6,8-9,17H,3,7,19H2,1H3,(H,20,21). The van der Waals surface area contributed by atoms with E-state index in [0.717, 1.165) is 39.4 Å². The first kappa shape index (κ1) is 14.1. The predicted molar refractivity (Wildman–Crippen MR) is 85.6 cm³/mol. The SMILES string of the molecule is Cc1cc(Cl)ccc1C(N)c1ccc2c(c1)CCC(=O)N2. The molecule has 108 valence electrons. The molecule has 1 unspecified atom stereocenters.